The molecular weight excluding hydrogens is 357 g/mol. The summed E-state index contributed by atoms with van der Waals surface area (Å²) in [5.74, 6) is -0.892. The van der Waals surface area contributed by atoms with Crippen molar-refractivity contribution in [3.63, 3.8) is 0 Å². The molecule has 1 aromatic rings. The van der Waals surface area contributed by atoms with Crippen molar-refractivity contribution in [1.29, 1.82) is 0 Å². The highest BCUT2D eigenvalue weighted by Crippen LogP contribution is 2.14. The third-order valence-electron chi connectivity index (χ3n) is 4.01. The van der Waals surface area contributed by atoms with E-state index in [0.29, 0.717) is 19.1 Å². The summed E-state index contributed by atoms with van der Waals surface area (Å²) in [5, 5.41) is 3.18. The van der Waals surface area contributed by atoms with Crippen molar-refractivity contribution in [3.05, 3.63) is 30.1 Å². The monoisotopic (exact) mass is 379 g/mol. The van der Waals surface area contributed by atoms with Gasteiger partial charge in [0, 0.05) is 32.1 Å². The summed E-state index contributed by atoms with van der Waals surface area (Å²) in [4.78, 5) is 13.4. The van der Waals surface area contributed by atoms with Gasteiger partial charge in [-0.2, -0.15) is 0 Å². The molecule has 1 amide bonds. The first-order chi connectivity index (χ1) is 10.9. The largest absolute Gasteiger partial charge is 0.343 e. The van der Waals surface area contributed by atoms with Crippen LogP contribution in [0.1, 0.15) is 19.3 Å². The summed E-state index contributed by atoms with van der Waals surface area (Å²) < 4.78 is 39.8. The number of halogens is 2. The Morgan fingerprint density at radius 3 is 2.50 bits per heavy atom. The molecule has 1 aliphatic heterocycles. The zero-order chi connectivity index (χ0) is 16.9. The molecule has 0 spiro atoms. The molecule has 0 aliphatic carbocycles. The number of amides is 1. The number of hydrogen-bond acceptors (Lipinski definition) is 4. The van der Waals surface area contributed by atoms with Gasteiger partial charge in [-0.25, -0.2) is 17.5 Å². The Morgan fingerprint density at radius 2 is 1.92 bits per heavy atom. The van der Waals surface area contributed by atoms with Crippen LogP contribution >= 0.6 is 12.4 Å². The van der Waals surface area contributed by atoms with Crippen LogP contribution in [-0.2, 0) is 14.8 Å². The maximum atomic E-state index is 13.5. The summed E-state index contributed by atoms with van der Waals surface area (Å²) in [6, 6.07) is 5.59. The van der Waals surface area contributed by atoms with Gasteiger partial charge in [0.2, 0.25) is 15.9 Å². The molecule has 1 saturated heterocycles. The topological polar surface area (TPSA) is 78.5 Å². The lowest BCUT2D eigenvalue weighted by molar-refractivity contribution is -0.132. The molecule has 2 N–H and O–H groups in total. The van der Waals surface area contributed by atoms with Crippen LogP contribution in [0.25, 0.3) is 0 Å². The molecule has 0 aromatic heterocycles. The minimum atomic E-state index is -3.94. The lowest BCUT2D eigenvalue weighted by Crippen LogP contribution is -2.44. The van der Waals surface area contributed by atoms with E-state index in [1.54, 1.807) is 4.90 Å². The number of carbonyl (C=O) groups excluding carboxylic acids is 1. The van der Waals surface area contributed by atoms with Gasteiger partial charge in [0.25, 0.3) is 0 Å². The number of rotatable bonds is 6. The van der Waals surface area contributed by atoms with Crippen LogP contribution in [0.4, 0.5) is 4.39 Å². The van der Waals surface area contributed by atoms with E-state index in [1.807, 2.05) is 7.05 Å². The Labute approximate surface area is 148 Å². The Kier molecular flexibility index (Phi) is 8.08. The quantitative estimate of drug-likeness (QED) is 0.776. The molecule has 0 bridgehead atoms. The summed E-state index contributed by atoms with van der Waals surface area (Å²) in [6.07, 6.45) is 1.85. The Bertz CT molecular complexity index is 649. The van der Waals surface area contributed by atoms with E-state index in [1.165, 1.54) is 18.2 Å². The van der Waals surface area contributed by atoms with Gasteiger partial charge in [0.1, 0.15) is 10.7 Å². The average Bonchev–Trinajstić information content (AvgIpc) is 2.55. The van der Waals surface area contributed by atoms with E-state index < -0.39 is 20.7 Å². The molecule has 1 fully saturated rings. The van der Waals surface area contributed by atoms with E-state index in [2.05, 4.69) is 10.0 Å². The molecule has 2 rings (SSSR count). The summed E-state index contributed by atoms with van der Waals surface area (Å²) >= 11 is 0. The Morgan fingerprint density at radius 1 is 1.29 bits per heavy atom. The predicted molar refractivity (Wildman–Crippen MR) is 92.1 cm³/mol. The van der Waals surface area contributed by atoms with Crippen LogP contribution < -0.4 is 10.0 Å². The SMILES string of the molecule is CNC1CCN(C(=O)CCNS(=O)(=O)c2ccccc2F)CC1.Cl. The molecule has 1 aromatic carbocycles. The van der Waals surface area contributed by atoms with Crippen molar-refractivity contribution in [2.75, 3.05) is 26.7 Å². The fraction of sp³-hybridized carbons (Fsp3) is 0.533. The van der Waals surface area contributed by atoms with E-state index >= 15 is 0 Å². The van der Waals surface area contributed by atoms with Gasteiger partial charge in [0.15, 0.2) is 0 Å². The smallest absolute Gasteiger partial charge is 0.243 e. The van der Waals surface area contributed by atoms with Crippen LogP contribution in [0, 0.1) is 5.82 Å². The maximum Gasteiger partial charge on any atom is 0.243 e. The normalized spacial score (nSPS) is 15.8. The lowest BCUT2D eigenvalue weighted by atomic mass is 10.1. The molecule has 24 heavy (non-hydrogen) atoms. The number of hydrogen-bond donors (Lipinski definition) is 2. The predicted octanol–water partition coefficient (Wildman–Crippen LogP) is 1.13. The number of likely N-dealkylation sites (tertiary alicyclic amines) is 1. The minimum absolute atomic E-state index is 0. The summed E-state index contributed by atoms with van der Waals surface area (Å²) in [5.41, 5.74) is 0. The van der Waals surface area contributed by atoms with E-state index in [0.717, 1.165) is 18.9 Å². The number of piperidine rings is 1. The lowest BCUT2D eigenvalue weighted by Gasteiger charge is -2.31. The second-order valence-electron chi connectivity index (χ2n) is 5.52. The zero-order valence-electron chi connectivity index (χ0n) is 13.5. The standard InChI is InChI=1S/C15H22FN3O3S.ClH/c1-17-12-7-10-19(11-8-12)15(20)6-9-18-23(21,22)14-5-3-2-4-13(14)16;/h2-5,12,17-18H,6-11H2,1H3;1H. The first-order valence-electron chi connectivity index (χ1n) is 7.63. The van der Waals surface area contributed by atoms with Crippen molar-refractivity contribution in [2.24, 2.45) is 0 Å². The van der Waals surface area contributed by atoms with Crippen LogP contribution in [-0.4, -0.2) is 51.9 Å². The number of sulfonamides is 1. The highest BCUT2D eigenvalue weighted by Gasteiger charge is 2.23. The fourth-order valence-corrected chi connectivity index (χ4v) is 3.72. The van der Waals surface area contributed by atoms with Crippen molar-refractivity contribution in [2.45, 2.75) is 30.2 Å². The summed E-state index contributed by atoms with van der Waals surface area (Å²) in [7, 11) is -2.03. The molecule has 9 heteroatoms. The summed E-state index contributed by atoms with van der Waals surface area (Å²) in [6.45, 7) is 1.30. The highest BCUT2D eigenvalue weighted by molar-refractivity contribution is 7.89. The van der Waals surface area contributed by atoms with Gasteiger partial charge in [-0.3, -0.25) is 4.79 Å². The Balaban J connectivity index is 0.00000288. The molecule has 1 heterocycles. The first kappa shape index (κ1) is 20.8. The van der Waals surface area contributed by atoms with Crippen molar-refractivity contribution >= 4 is 28.3 Å². The van der Waals surface area contributed by atoms with Gasteiger partial charge >= 0.3 is 0 Å². The van der Waals surface area contributed by atoms with Gasteiger partial charge in [-0.05, 0) is 32.0 Å². The maximum absolute atomic E-state index is 13.5. The average molecular weight is 380 g/mol. The van der Waals surface area contributed by atoms with Crippen molar-refractivity contribution < 1.29 is 17.6 Å². The first-order valence-corrected chi connectivity index (χ1v) is 9.11. The third-order valence-corrected chi connectivity index (χ3v) is 5.51. The van der Waals surface area contributed by atoms with E-state index in [-0.39, 0.29) is 31.3 Å². The van der Waals surface area contributed by atoms with E-state index in [9.17, 15) is 17.6 Å². The second kappa shape index (κ2) is 9.31. The van der Waals surface area contributed by atoms with Gasteiger partial charge in [0.05, 0.1) is 0 Å². The highest BCUT2D eigenvalue weighted by atomic mass is 35.5. The fourth-order valence-electron chi connectivity index (χ4n) is 2.61. The van der Waals surface area contributed by atoms with E-state index in [4.69, 9.17) is 0 Å². The number of benzene rings is 1. The number of nitrogens with one attached hydrogen (secondary N) is 2. The molecule has 0 atom stereocenters. The molecule has 0 saturated carbocycles. The second-order valence-corrected chi connectivity index (χ2v) is 7.26. The van der Waals surface area contributed by atoms with Crippen molar-refractivity contribution in [3.8, 4) is 0 Å². The number of nitrogens with zero attached hydrogens (tertiary/aromatic N) is 1. The van der Waals surface area contributed by atoms with Gasteiger partial charge in [-0.1, -0.05) is 12.1 Å². The Hall–Kier alpha value is -1.22. The van der Waals surface area contributed by atoms with Crippen LogP contribution in [0.15, 0.2) is 29.2 Å². The molecule has 0 radical (unpaired) electrons. The van der Waals surface area contributed by atoms with Crippen LogP contribution in [0.5, 0.6) is 0 Å². The molecule has 0 unspecified atom stereocenters. The van der Waals surface area contributed by atoms with Crippen LogP contribution in [0.3, 0.4) is 0 Å². The zero-order valence-corrected chi connectivity index (χ0v) is 15.1. The number of carbonyl (C=O) groups is 1. The molecular formula is C15H23ClFN3O3S. The van der Waals surface area contributed by atoms with Gasteiger partial charge < -0.3 is 10.2 Å². The molecule has 6 nitrogen and oxygen atoms in total. The van der Waals surface area contributed by atoms with Gasteiger partial charge in [-0.15, -0.1) is 12.4 Å². The molecule has 1 aliphatic rings. The molecule has 136 valence electrons. The van der Waals surface area contributed by atoms with Crippen LogP contribution in [0.2, 0.25) is 0 Å². The minimum Gasteiger partial charge on any atom is -0.343 e. The van der Waals surface area contributed by atoms with Crippen molar-refractivity contribution in [1.82, 2.24) is 14.9 Å². The third kappa shape index (κ3) is 5.41.